The van der Waals surface area contributed by atoms with Crippen LogP contribution in [0.5, 0.6) is 0 Å². The van der Waals surface area contributed by atoms with Gasteiger partial charge in [-0.3, -0.25) is 9.59 Å². The van der Waals surface area contributed by atoms with E-state index in [4.69, 9.17) is 0 Å². The summed E-state index contributed by atoms with van der Waals surface area (Å²) in [7, 11) is 0. The predicted molar refractivity (Wildman–Crippen MR) is 52.9 cm³/mol. The number of allylic oxidation sites excluding steroid dienone is 4. The summed E-state index contributed by atoms with van der Waals surface area (Å²) in [5, 5.41) is 9.42. The molecule has 0 heterocycles. The molecule has 0 amide bonds. The number of hydrazine groups is 1. The molecule has 0 aromatic rings. The number of nitro groups is 1. The van der Waals surface area contributed by atoms with E-state index < -0.39 is 16.6 Å². The van der Waals surface area contributed by atoms with E-state index in [1.54, 1.807) is 0 Å². The largest absolute Gasteiger partial charge is 0.284 e. The van der Waals surface area contributed by atoms with Crippen molar-refractivity contribution in [2.75, 3.05) is 0 Å². The number of Topliss-reactive ketones (excluding diaryl/α,β-unsaturated/α-hetero) is 2. The Kier molecular flexibility index (Phi) is 3.17. The van der Waals surface area contributed by atoms with E-state index in [1.807, 2.05) is 0 Å². The first-order valence-electron chi connectivity index (χ1n) is 3.22. The van der Waals surface area contributed by atoms with Gasteiger partial charge in [-0.2, -0.15) is 0 Å². The summed E-state index contributed by atoms with van der Waals surface area (Å²) in [6.45, 7) is 0. The molecule has 0 spiro atoms. The topological polar surface area (TPSA) is 80.5 Å². The van der Waals surface area contributed by atoms with Crippen molar-refractivity contribution >= 4 is 43.6 Å². The maximum Gasteiger partial charge on any atom is 0.257 e. The fraction of sp³-hybridized carbons (Fsp3) is 0. The zero-order chi connectivity index (χ0) is 10.9. The summed E-state index contributed by atoms with van der Waals surface area (Å²) in [5.74, 6) is -1.75. The van der Waals surface area contributed by atoms with Crippen LogP contribution in [0.15, 0.2) is 22.3 Å². The van der Waals surface area contributed by atoms with Crippen LogP contribution in [-0.4, -0.2) is 20.6 Å². The number of hydrogen-bond donors (Lipinski definition) is 0. The standard InChI is InChI=1S/C6H2Br2N2O4/c7-3-1-2-4(6(12)5(3)11)9(8)10(13)14/h1-2H. The molecule has 14 heavy (non-hydrogen) atoms. The maximum atomic E-state index is 11.2. The lowest BCUT2D eigenvalue weighted by Gasteiger charge is -2.10. The molecule has 0 atom stereocenters. The van der Waals surface area contributed by atoms with Gasteiger partial charge in [0.2, 0.25) is 5.78 Å². The Bertz CT molecular complexity index is 387. The fourth-order valence-corrected chi connectivity index (χ4v) is 1.35. The second-order valence-corrected chi connectivity index (χ2v) is 3.75. The highest BCUT2D eigenvalue weighted by molar-refractivity contribution is 9.12. The Hall–Kier alpha value is -1.02. The number of ketones is 2. The number of nitrogens with zero attached hydrogens (tertiary/aromatic N) is 2. The first-order chi connectivity index (χ1) is 6.45. The highest BCUT2D eigenvalue weighted by atomic mass is 79.9. The van der Waals surface area contributed by atoms with E-state index in [0.717, 1.165) is 0 Å². The molecule has 6 nitrogen and oxygen atoms in total. The number of carbonyl (C=O) groups excluding carboxylic acids is 2. The Morgan fingerprint density at radius 1 is 1.29 bits per heavy atom. The molecule has 0 aromatic carbocycles. The smallest absolute Gasteiger partial charge is 0.257 e. The van der Waals surface area contributed by atoms with Gasteiger partial charge in [0.05, 0.1) is 4.48 Å². The van der Waals surface area contributed by atoms with Crippen LogP contribution in [0.25, 0.3) is 0 Å². The average molecular weight is 326 g/mol. The molecule has 8 heteroatoms. The van der Waals surface area contributed by atoms with Gasteiger partial charge in [0, 0.05) is 0 Å². The molecule has 0 saturated carbocycles. The van der Waals surface area contributed by atoms with Gasteiger partial charge in [-0.1, -0.05) is 0 Å². The molecule has 74 valence electrons. The van der Waals surface area contributed by atoms with Gasteiger partial charge in [0.1, 0.15) is 16.1 Å². The molecule has 0 fully saturated rings. The molecular formula is C6H2Br2N2O4. The molecule has 0 N–H and O–H groups in total. The van der Waals surface area contributed by atoms with Crippen LogP contribution in [0.3, 0.4) is 0 Å². The van der Waals surface area contributed by atoms with E-state index in [-0.39, 0.29) is 10.2 Å². The van der Waals surface area contributed by atoms with Gasteiger partial charge in [0.25, 0.3) is 5.78 Å². The lowest BCUT2D eigenvalue weighted by Crippen LogP contribution is -2.30. The zero-order valence-corrected chi connectivity index (χ0v) is 9.61. The third-order valence-electron chi connectivity index (χ3n) is 1.39. The summed E-state index contributed by atoms with van der Waals surface area (Å²) in [4.78, 5) is 32.6. The zero-order valence-electron chi connectivity index (χ0n) is 6.44. The molecule has 0 saturated heterocycles. The van der Waals surface area contributed by atoms with Crippen LogP contribution in [-0.2, 0) is 9.59 Å². The molecule has 1 aliphatic carbocycles. The fourth-order valence-electron chi connectivity index (χ4n) is 0.762. The Balaban J connectivity index is 3.07. The molecule has 0 aromatic heterocycles. The normalized spacial score (nSPS) is 16.1. The van der Waals surface area contributed by atoms with Crippen molar-refractivity contribution in [1.82, 2.24) is 4.03 Å². The van der Waals surface area contributed by atoms with Crippen LogP contribution in [0.2, 0.25) is 0 Å². The van der Waals surface area contributed by atoms with Crippen molar-refractivity contribution in [3.8, 4) is 0 Å². The third kappa shape index (κ3) is 1.90. The summed E-state index contributed by atoms with van der Waals surface area (Å²) in [5.41, 5.74) is -0.330. The van der Waals surface area contributed by atoms with Crippen molar-refractivity contribution in [3.05, 3.63) is 32.4 Å². The van der Waals surface area contributed by atoms with Crippen molar-refractivity contribution in [1.29, 1.82) is 0 Å². The minimum atomic E-state index is -0.937. The quantitative estimate of drug-likeness (QED) is 0.250. The number of carbonyl (C=O) groups is 2. The average Bonchev–Trinajstić information content (AvgIpc) is 2.13. The minimum absolute atomic E-state index is 0.0792. The van der Waals surface area contributed by atoms with Gasteiger partial charge in [-0.15, -0.1) is 0 Å². The number of hydrogen-bond acceptors (Lipinski definition) is 4. The lowest BCUT2D eigenvalue weighted by molar-refractivity contribution is -0.600. The Morgan fingerprint density at radius 3 is 2.36 bits per heavy atom. The highest BCUT2D eigenvalue weighted by Crippen LogP contribution is 2.21. The van der Waals surface area contributed by atoms with Crippen molar-refractivity contribution in [3.63, 3.8) is 0 Å². The Morgan fingerprint density at radius 2 is 1.86 bits per heavy atom. The highest BCUT2D eigenvalue weighted by Gasteiger charge is 2.32. The van der Waals surface area contributed by atoms with Gasteiger partial charge in [-0.05, 0) is 32.1 Å². The van der Waals surface area contributed by atoms with E-state index in [0.29, 0.717) is 4.03 Å². The van der Waals surface area contributed by atoms with Gasteiger partial charge < -0.3 is 0 Å². The first-order valence-corrected chi connectivity index (χ1v) is 4.72. The summed E-state index contributed by atoms with van der Waals surface area (Å²) >= 11 is 5.39. The van der Waals surface area contributed by atoms with Crippen molar-refractivity contribution in [2.24, 2.45) is 0 Å². The van der Waals surface area contributed by atoms with E-state index in [2.05, 4.69) is 32.1 Å². The summed E-state index contributed by atoms with van der Waals surface area (Å²) < 4.78 is 0.402. The molecule has 0 radical (unpaired) electrons. The molecule has 1 aliphatic rings. The van der Waals surface area contributed by atoms with E-state index >= 15 is 0 Å². The minimum Gasteiger partial charge on any atom is -0.284 e. The van der Waals surface area contributed by atoms with Crippen LogP contribution < -0.4 is 0 Å². The molecular weight excluding hydrogens is 324 g/mol. The molecule has 0 bridgehead atoms. The van der Waals surface area contributed by atoms with Gasteiger partial charge in [0.15, 0.2) is 10.7 Å². The van der Waals surface area contributed by atoms with E-state index in [1.165, 1.54) is 12.2 Å². The van der Waals surface area contributed by atoms with Gasteiger partial charge in [-0.25, -0.2) is 10.1 Å². The first kappa shape index (κ1) is 11.1. The molecule has 0 aliphatic heterocycles. The second-order valence-electron chi connectivity index (χ2n) is 2.22. The second kappa shape index (κ2) is 4.01. The van der Waals surface area contributed by atoms with Gasteiger partial charge >= 0.3 is 0 Å². The lowest BCUT2D eigenvalue weighted by atomic mass is 10.1. The van der Waals surface area contributed by atoms with Crippen molar-refractivity contribution in [2.45, 2.75) is 0 Å². The SMILES string of the molecule is O=C1C(=O)C(N(Br)[N+](=O)[O-])=CC=C1Br. The maximum absolute atomic E-state index is 11.2. The third-order valence-corrected chi connectivity index (χ3v) is 2.65. The van der Waals surface area contributed by atoms with Crippen LogP contribution in [0.4, 0.5) is 0 Å². The molecule has 0 unspecified atom stereocenters. The Labute approximate surface area is 94.8 Å². The van der Waals surface area contributed by atoms with Crippen LogP contribution >= 0.6 is 32.1 Å². The summed E-state index contributed by atoms with van der Waals surface area (Å²) in [6.07, 6.45) is 2.45. The van der Waals surface area contributed by atoms with Crippen LogP contribution in [0, 0.1) is 10.1 Å². The monoisotopic (exact) mass is 324 g/mol. The van der Waals surface area contributed by atoms with Crippen LogP contribution in [0.1, 0.15) is 0 Å². The summed E-state index contributed by atoms with van der Waals surface area (Å²) in [6, 6.07) is 0. The predicted octanol–water partition coefficient (Wildman–Crippen LogP) is 1.10. The van der Waals surface area contributed by atoms with Crippen molar-refractivity contribution < 1.29 is 14.6 Å². The number of rotatable bonds is 2. The number of halogens is 2. The molecule has 1 rings (SSSR count). The van der Waals surface area contributed by atoms with E-state index in [9.17, 15) is 19.7 Å².